The normalized spacial score (nSPS) is 45.0. The van der Waals surface area contributed by atoms with Crippen molar-refractivity contribution in [3.8, 4) is 0 Å². The van der Waals surface area contributed by atoms with Crippen molar-refractivity contribution in [1.29, 1.82) is 0 Å². The zero-order valence-corrected chi connectivity index (χ0v) is 26.3. The average Bonchev–Trinajstić information content (AvgIpc) is 2.93. The zero-order valence-electron chi connectivity index (χ0n) is 26.3. The first-order valence-corrected chi connectivity index (χ1v) is 16.2. The number of fused-ring (bicyclic) bond motifs is 7. The van der Waals surface area contributed by atoms with E-state index in [1.165, 1.54) is 5.57 Å². The fourth-order valence-electron chi connectivity index (χ4n) is 11.5. The molecule has 1 aromatic carbocycles. The number of esters is 1. The molecule has 0 saturated heterocycles. The Hall–Kier alpha value is -2.23. The van der Waals surface area contributed by atoms with Crippen LogP contribution in [0, 0.1) is 56.7 Å². The van der Waals surface area contributed by atoms with E-state index in [4.69, 9.17) is 4.74 Å². The highest BCUT2D eigenvalue weighted by Gasteiger charge is 2.70. The van der Waals surface area contributed by atoms with Crippen LogP contribution in [-0.2, 0) is 25.7 Å². The summed E-state index contributed by atoms with van der Waals surface area (Å²) in [7, 11) is 0. The lowest BCUT2D eigenvalue weighted by Crippen LogP contribution is -2.66. The third kappa shape index (κ3) is 3.80. The number of hydrogen-bond donors (Lipinski definition) is 0. The fourth-order valence-corrected chi connectivity index (χ4v) is 11.5. The summed E-state index contributed by atoms with van der Waals surface area (Å²) < 4.78 is 6.15. The van der Waals surface area contributed by atoms with Gasteiger partial charge in [-0.2, -0.15) is 0 Å². The molecular formula is C37H50O4. The van der Waals surface area contributed by atoms with E-state index in [2.05, 4.69) is 40.7 Å². The van der Waals surface area contributed by atoms with Gasteiger partial charge in [-0.1, -0.05) is 90.4 Å². The van der Waals surface area contributed by atoms with Gasteiger partial charge in [-0.3, -0.25) is 14.4 Å². The van der Waals surface area contributed by atoms with Crippen LogP contribution in [0.3, 0.4) is 0 Å². The van der Waals surface area contributed by atoms with Gasteiger partial charge < -0.3 is 4.74 Å². The van der Waals surface area contributed by atoms with Gasteiger partial charge in [0.15, 0.2) is 5.78 Å². The van der Waals surface area contributed by atoms with Crippen molar-refractivity contribution in [2.75, 3.05) is 0 Å². The number of carbonyl (C=O) groups excluding carboxylic acids is 3. The number of ether oxygens (including phenoxy) is 1. The molecule has 5 aliphatic carbocycles. The molecule has 0 heterocycles. The molecule has 41 heavy (non-hydrogen) atoms. The summed E-state index contributed by atoms with van der Waals surface area (Å²) >= 11 is 0. The van der Waals surface area contributed by atoms with Gasteiger partial charge in [0, 0.05) is 11.8 Å². The number of rotatable bonds is 3. The topological polar surface area (TPSA) is 60.4 Å². The second-order valence-electron chi connectivity index (χ2n) is 16.0. The molecule has 9 atom stereocenters. The molecule has 4 fully saturated rings. The lowest BCUT2D eigenvalue weighted by Gasteiger charge is -2.70. The molecule has 0 radical (unpaired) electrons. The molecule has 0 bridgehead atoms. The van der Waals surface area contributed by atoms with Crippen molar-refractivity contribution in [3.05, 3.63) is 47.5 Å². The van der Waals surface area contributed by atoms with Crippen molar-refractivity contribution in [2.45, 2.75) is 106 Å². The third-order valence-corrected chi connectivity index (χ3v) is 14.1. The second kappa shape index (κ2) is 9.38. The monoisotopic (exact) mass is 558 g/mol. The minimum atomic E-state index is -0.603. The Morgan fingerprint density at radius 2 is 1.61 bits per heavy atom. The molecule has 0 amide bonds. The largest absolute Gasteiger partial charge is 0.460 e. The molecule has 5 aliphatic rings. The molecule has 4 heteroatoms. The smallest absolute Gasteiger partial charge is 0.313 e. The van der Waals surface area contributed by atoms with E-state index < -0.39 is 10.8 Å². The Morgan fingerprint density at radius 3 is 2.32 bits per heavy atom. The minimum absolute atomic E-state index is 0.00543. The first-order valence-electron chi connectivity index (χ1n) is 16.2. The zero-order chi connectivity index (χ0) is 29.6. The molecule has 1 aromatic rings. The van der Waals surface area contributed by atoms with Crippen molar-refractivity contribution < 1.29 is 19.1 Å². The summed E-state index contributed by atoms with van der Waals surface area (Å²) in [6, 6.07) is 10.0. The molecule has 4 saturated carbocycles. The van der Waals surface area contributed by atoms with Crippen LogP contribution in [0.1, 0.15) is 105 Å². The van der Waals surface area contributed by atoms with Crippen LogP contribution in [0.5, 0.6) is 0 Å². The van der Waals surface area contributed by atoms with Gasteiger partial charge >= 0.3 is 5.97 Å². The maximum absolute atomic E-state index is 14.2. The van der Waals surface area contributed by atoms with Gasteiger partial charge in [-0.15, -0.1) is 0 Å². The lowest BCUT2D eigenvalue weighted by molar-refractivity contribution is -0.194. The molecule has 6 rings (SSSR count). The number of allylic oxidation sites excluding steroid dienone is 2. The van der Waals surface area contributed by atoms with E-state index in [1.807, 2.05) is 44.2 Å². The average molecular weight is 559 g/mol. The maximum Gasteiger partial charge on any atom is 0.313 e. The summed E-state index contributed by atoms with van der Waals surface area (Å²) in [4.78, 5) is 40.4. The first kappa shape index (κ1) is 28.9. The third-order valence-electron chi connectivity index (χ3n) is 14.1. The van der Waals surface area contributed by atoms with E-state index in [9.17, 15) is 14.4 Å². The highest BCUT2D eigenvalue weighted by molar-refractivity contribution is 6.39. The summed E-state index contributed by atoms with van der Waals surface area (Å²) in [5.41, 5.74) is 1.24. The summed E-state index contributed by atoms with van der Waals surface area (Å²) in [5, 5.41) is 0. The summed E-state index contributed by atoms with van der Waals surface area (Å²) in [5.74, 6) is 1.36. The van der Waals surface area contributed by atoms with Crippen molar-refractivity contribution in [1.82, 2.24) is 0 Å². The van der Waals surface area contributed by atoms with Crippen LogP contribution in [0.4, 0.5) is 0 Å². The van der Waals surface area contributed by atoms with E-state index in [1.54, 1.807) is 0 Å². The van der Waals surface area contributed by atoms with E-state index in [0.29, 0.717) is 30.8 Å². The highest BCUT2D eigenvalue weighted by Crippen LogP contribution is 2.75. The van der Waals surface area contributed by atoms with E-state index in [-0.39, 0.29) is 45.6 Å². The number of benzene rings is 1. The van der Waals surface area contributed by atoms with Gasteiger partial charge in [0.2, 0.25) is 5.78 Å². The lowest BCUT2D eigenvalue weighted by atomic mass is 9.33. The second-order valence-corrected chi connectivity index (χ2v) is 16.0. The maximum atomic E-state index is 14.2. The van der Waals surface area contributed by atoms with Gasteiger partial charge in [0.05, 0.1) is 5.41 Å². The number of ketones is 2. The molecular weight excluding hydrogens is 508 g/mol. The predicted octanol–water partition coefficient (Wildman–Crippen LogP) is 8.14. The Kier molecular flexibility index (Phi) is 6.61. The standard InChI is InChI=1S/C37H50O4/c1-23-15-18-37(32(40)41-22-25-11-9-8-10-12-25)20-19-35(6)26(30(37)24(23)2)13-14-29-34(5)21-27(38)31(39)33(3,4)28(34)16-17-36(29,35)7/h8-13,23-24,28-30H,14-22H2,1-7H3/t23-,24+,28+,29-,30+,34+,35-,36-,37+/m1/s1. The highest BCUT2D eigenvalue weighted by atomic mass is 16.5. The van der Waals surface area contributed by atoms with Crippen molar-refractivity contribution in [2.24, 2.45) is 56.7 Å². The van der Waals surface area contributed by atoms with Gasteiger partial charge in [-0.25, -0.2) is 0 Å². The van der Waals surface area contributed by atoms with Gasteiger partial charge in [0.25, 0.3) is 0 Å². The number of Topliss-reactive ketones (excluding diaryl/α,β-unsaturated/α-hetero) is 2. The Morgan fingerprint density at radius 1 is 0.902 bits per heavy atom. The van der Waals surface area contributed by atoms with Crippen molar-refractivity contribution in [3.63, 3.8) is 0 Å². The Balaban J connectivity index is 1.39. The summed E-state index contributed by atoms with van der Waals surface area (Å²) in [6.07, 6.45) is 9.68. The Labute approximate surface area is 247 Å². The molecule has 0 aliphatic heterocycles. The fraction of sp³-hybridized carbons (Fsp3) is 0.703. The van der Waals surface area contributed by atoms with Crippen LogP contribution in [0.25, 0.3) is 0 Å². The SMILES string of the molecule is C[C@H]1[C@H](C)CC[C@]2(C(=O)OCc3ccccc3)CC[C@]3(C)C(=CC[C@@H]4[C@@]5(C)CC(=O)C(=O)C(C)(C)[C@@H]5CC[C@]43C)[C@H]12. The molecule has 0 aromatic heterocycles. The first-order chi connectivity index (χ1) is 19.2. The van der Waals surface area contributed by atoms with Crippen LogP contribution >= 0.6 is 0 Å². The van der Waals surface area contributed by atoms with Gasteiger partial charge in [-0.05, 0) is 96.3 Å². The molecule has 0 spiro atoms. The predicted molar refractivity (Wildman–Crippen MR) is 161 cm³/mol. The Bertz CT molecular complexity index is 1290. The quantitative estimate of drug-likeness (QED) is 0.213. The molecule has 0 unspecified atom stereocenters. The summed E-state index contributed by atoms with van der Waals surface area (Å²) in [6.45, 7) is 16.4. The minimum Gasteiger partial charge on any atom is -0.460 e. The van der Waals surface area contributed by atoms with Crippen molar-refractivity contribution >= 4 is 17.5 Å². The number of hydrogen-bond acceptors (Lipinski definition) is 4. The molecule has 4 nitrogen and oxygen atoms in total. The van der Waals surface area contributed by atoms with Crippen LogP contribution in [0.15, 0.2) is 42.0 Å². The van der Waals surface area contributed by atoms with Gasteiger partial charge in [0.1, 0.15) is 6.61 Å². The van der Waals surface area contributed by atoms with Crippen LogP contribution < -0.4 is 0 Å². The van der Waals surface area contributed by atoms with Crippen LogP contribution in [-0.4, -0.2) is 17.5 Å². The molecule has 0 N–H and O–H groups in total. The van der Waals surface area contributed by atoms with E-state index >= 15 is 0 Å². The van der Waals surface area contributed by atoms with E-state index in [0.717, 1.165) is 50.5 Å². The number of carbonyl (C=O) groups is 3. The van der Waals surface area contributed by atoms with Crippen LogP contribution in [0.2, 0.25) is 0 Å². The molecule has 222 valence electrons.